The Morgan fingerprint density at radius 2 is 1.02 bits per heavy atom. The van der Waals surface area contributed by atoms with Crippen LogP contribution in [0, 0.1) is 5.41 Å². The van der Waals surface area contributed by atoms with Gasteiger partial charge in [0.15, 0.2) is 0 Å². The molecule has 0 saturated heterocycles. The summed E-state index contributed by atoms with van der Waals surface area (Å²) in [6, 6.07) is 74.0. The monoisotopic (exact) mass is 724 g/mol. The van der Waals surface area contributed by atoms with Crippen molar-refractivity contribution in [3.05, 3.63) is 245 Å². The first-order valence-corrected chi connectivity index (χ1v) is 19.0. The first-order chi connectivity index (χ1) is 27.6. The van der Waals surface area contributed by atoms with Crippen LogP contribution >= 0.6 is 0 Å². The first-order valence-electron chi connectivity index (χ1n) is 19.0. The molecule has 1 aromatic heterocycles. The van der Waals surface area contributed by atoms with Gasteiger partial charge in [-0.1, -0.05) is 176 Å². The topological polar surface area (TPSA) is 80.8 Å². The van der Waals surface area contributed by atoms with Crippen LogP contribution in [0.25, 0.3) is 38.6 Å². The van der Waals surface area contributed by atoms with E-state index in [0.717, 1.165) is 12.0 Å². The standard InChI is InChI=1S/C44H31N.C7H8N2.CH5N/c1-4-14-31(15-5-1)28-32-24-26-34(27-25-32)44(33-16-6-2-7-17-33)40-22-12-10-20-36(40)38-30-43-39(29-41(38)44)37-21-11-13-23-42(37)45(43)35-18-8-3-9-19-35;8-7(9)6-4-2-1-3-5-6;1-2/h1-27,29-30H,28H2;1-5H,(H3,8,9);2H2,1H3. The highest BCUT2D eigenvalue weighted by Gasteiger charge is 2.46. The molecule has 0 fully saturated rings. The van der Waals surface area contributed by atoms with Gasteiger partial charge in [0.25, 0.3) is 0 Å². The maximum Gasteiger partial charge on any atom is 0.122 e. The van der Waals surface area contributed by atoms with E-state index in [9.17, 15) is 0 Å². The molecular weight excluding hydrogens is 681 g/mol. The maximum atomic E-state index is 7.01. The third kappa shape index (κ3) is 6.36. The van der Waals surface area contributed by atoms with Crippen molar-refractivity contribution in [3.63, 3.8) is 0 Å². The molecule has 56 heavy (non-hydrogen) atoms. The van der Waals surface area contributed by atoms with E-state index in [0.29, 0.717) is 0 Å². The largest absolute Gasteiger partial charge is 0.384 e. The average Bonchev–Trinajstić information content (AvgIpc) is 3.75. The first kappa shape index (κ1) is 36.0. The number of rotatable bonds is 6. The highest BCUT2D eigenvalue weighted by Crippen LogP contribution is 2.57. The molecule has 4 nitrogen and oxygen atoms in total. The molecule has 1 aliphatic carbocycles. The predicted molar refractivity (Wildman–Crippen MR) is 235 cm³/mol. The van der Waals surface area contributed by atoms with Gasteiger partial charge in [0.2, 0.25) is 0 Å². The van der Waals surface area contributed by atoms with Crippen molar-refractivity contribution in [1.29, 1.82) is 5.41 Å². The number of nitrogens with one attached hydrogen (secondary N) is 1. The summed E-state index contributed by atoms with van der Waals surface area (Å²) in [4.78, 5) is 0. The van der Waals surface area contributed by atoms with Gasteiger partial charge in [0.05, 0.1) is 16.4 Å². The summed E-state index contributed by atoms with van der Waals surface area (Å²) in [7, 11) is 1.50. The summed E-state index contributed by atoms with van der Waals surface area (Å²) in [5.41, 5.74) is 24.2. The molecule has 1 atom stereocenters. The Bertz CT molecular complexity index is 2740. The second-order valence-corrected chi connectivity index (χ2v) is 13.9. The van der Waals surface area contributed by atoms with Crippen LogP contribution in [-0.4, -0.2) is 17.5 Å². The quantitative estimate of drug-likeness (QED) is 0.118. The van der Waals surface area contributed by atoms with Crippen LogP contribution in [0.15, 0.2) is 206 Å². The third-order valence-electron chi connectivity index (χ3n) is 10.8. The van der Waals surface area contributed by atoms with E-state index in [2.05, 4.69) is 186 Å². The van der Waals surface area contributed by atoms with Crippen molar-refractivity contribution in [2.45, 2.75) is 11.8 Å². The van der Waals surface area contributed by atoms with Gasteiger partial charge in [0.1, 0.15) is 5.84 Å². The fourth-order valence-electron chi connectivity index (χ4n) is 8.39. The highest BCUT2D eigenvalue weighted by atomic mass is 15.0. The number of hydrogen-bond donors (Lipinski definition) is 3. The van der Waals surface area contributed by atoms with E-state index in [-0.39, 0.29) is 5.84 Å². The molecule has 10 rings (SSSR count). The molecule has 1 unspecified atom stereocenters. The molecule has 4 heteroatoms. The lowest BCUT2D eigenvalue weighted by Gasteiger charge is -2.34. The van der Waals surface area contributed by atoms with E-state index in [4.69, 9.17) is 11.1 Å². The van der Waals surface area contributed by atoms with Crippen molar-refractivity contribution < 1.29 is 0 Å². The number of hydrogen-bond acceptors (Lipinski definition) is 2. The number of amidine groups is 1. The fraction of sp³-hybridized carbons (Fsp3) is 0.0577. The lowest BCUT2D eigenvalue weighted by atomic mass is 9.67. The highest BCUT2D eigenvalue weighted by molar-refractivity contribution is 6.11. The summed E-state index contributed by atoms with van der Waals surface area (Å²) < 4.78 is 2.43. The van der Waals surface area contributed by atoms with Gasteiger partial charge in [0, 0.05) is 22.0 Å². The number of fused-ring (bicyclic) bond motifs is 6. The lowest BCUT2D eigenvalue weighted by Crippen LogP contribution is -2.28. The Hall–Kier alpha value is -7.01. The number of nitrogen functional groups attached to an aromatic ring is 1. The molecule has 1 heterocycles. The number of nitrogens with zero attached hydrogens (tertiary/aromatic N) is 1. The van der Waals surface area contributed by atoms with E-state index < -0.39 is 5.41 Å². The molecular formula is C52H44N4. The molecule has 0 aliphatic heterocycles. The van der Waals surface area contributed by atoms with E-state index in [1.54, 1.807) is 0 Å². The second kappa shape index (κ2) is 15.8. The van der Waals surface area contributed by atoms with Crippen LogP contribution in [0.3, 0.4) is 0 Å². The summed E-state index contributed by atoms with van der Waals surface area (Å²) >= 11 is 0. The SMILES string of the molecule is CN.N=C(N)c1ccccc1.c1ccc(Cc2ccc(C3(c4ccccc4)c4ccccc4-c4cc5c(cc43)c3ccccc3n5-c3ccccc3)cc2)cc1. The van der Waals surface area contributed by atoms with Gasteiger partial charge in [-0.05, 0) is 88.3 Å². The Morgan fingerprint density at radius 1 is 0.482 bits per heavy atom. The number of benzene rings is 8. The minimum absolute atomic E-state index is 0.121. The summed E-state index contributed by atoms with van der Waals surface area (Å²) in [5, 5.41) is 9.57. The van der Waals surface area contributed by atoms with Gasteiger partial charge in [-0.15, -0.1) is 0 Å². The number of nitrogens with two attached hydrogens (primary N) is 2. The van der Waals surface area contributed by atoms with Crippen LogP contribution in [-0.2, 0) is 11.8 Å². The van der Waals surface area contributed by atoms with Crippen molar-refractivity contribution in [3.8, 4) is 16.8 Å². The number of aromatic nitrogens is 1. The van der Waals surface area contributed by atoms with Crippen LogP contribution in [0.2, 0.25) is 0 Å². The molecule has 0 spiro atoms. The molecule has 0 saturated carbocycles. The Labute approximate surface area is 328 Å². The molecule has 0 radical (unpaired) electrons. The van der Waals surface area contributed by atoms with Gasteiger partial charge < -0.3 is 16.0 Å². The zero-order chi connectivity index (χ0) is 38.5. The molecule has 8 aromatic carbocycles. The molecule has 0 bridgehead atoms. The summed E-state index contributed by atoms with van der Waals surface area (Å²) in [6.45, 7) is 0. The zero-order valence-electron chi connectivity index (χ0n) is 31.4. The summed E-state index contributed by atoms with van der Waals surface area (Å²) in [6.07, 6.45) is 0.923. The Kier molecular flexibility index (Phi) is 10.1. The minimum Gasteiger partial charge on any atom is -0.384 e. The van der Waals surface area contributed by atoms with Crippen LogP contribution in [0.1, 0.15) is 38.9 Å². The van der Waals surface area contributed by atoms with Crippen molar-refractivity contribution >= 4 is 27.6 Å². The molecule has 272 valence electrons. The molecule has 0 amide bonds. The predicted octanol–water partition coefficient (Wildman–Crippen LogP) is 11.3. The van der Waals surface area contributed by atoms with E-state index in [1.165, 1.54) is 79.0 Å². The summed E-state index contributed by atoms with van der Waals surface area (Å²) in [5.74, 6) is 0.121. The average molecular weight is 725 g/mol. The lowest BCUT2D eigenvalue weighted by molar-refractivity contribution is 0.769. The molecule has 9 aromatic rings. The zero-order valence-corrected chi connectivity index (χ0v) is 31.4. The van der Waals surface area contributed by atoms with Crippen molar-refractivity contribution in [1.82, 2.24) is 4.57 Å². The van der Waals surface area contributed by atoms with Gasteiger partial charge in [-0.25, -0.2) is 0 Å². The minimum atomic E-state index is -0.442. The van der Waals surface area contributed by atoms with Gasteiger partial charge in [-0.3, -0.25) is 5.41 Å². The van der Waals surface area contributed by atoms with E-state index in [1.807, 2.05) is 30.3 Å². The van der Waals surface area contributed by atoms with Crippen LogP contribution < -0.4 is 11.5 Å². The Morgan fingerprint density at radius 3 is 1.68 bits per heavy atom. The third-order valence-corrected chi connectivity index (χ3v) is 10.8. The maximum absolute atomic E-state index is 7.01. The van der Waals surface area contributed by atoms with Gasteiger partial charge >= 0.3 is 0 Å². The fourth-order valence-corrected chi connectivity index (χ4v) is 8.39. The van der Waals surface area contributed by atoms with Crippen LogP contribution in [0.4, 0.5) is 0 Å². The molecule has 1 aliphatic rings. The molecule has 5 N–H and O–H groups in total. The second-order valence-electron chi connectivity index (χ2n) is 13.9. The smallest absolute Gasteiger partial charge is 0.122 e. The van der Waals surface area contributed by atoms with Crippen LogP contribution in [0.5, 0.6) is 0 Å². The van der Waals surface area contributed by atoms with E-state index >= 15 is 0 Å². The Balaban J connectivity index is 0.000000352. The van der Waals surface area contributed by atoms with Crippen molar-refractivity contribution in [2.24, 2.45) is 11.5 Å². The number of para-hydroxylation sites is 2. The van der Waals surface area contributed by atoms with Crippen molar-refractivity contribution in [2.75, 3.05) is 7.05 Å². The normalized spacial score (nSPS) is 13.8. The van der Waals surface area contributed by atoms with Gasteiger partial charge in [-0.2, -0.15) is 0 Å².